The molecule has 25 heavy (non-hydrogen) atoms. The monoisotopic (exact) mass is 384 g/mol. The Labute approximate surface area is 157 Å². The highest BCUT2D eigenvalue weighted by Crippen LogP contribution is 2.48. The van der Waals surface area contributed by atoms with Crippen molar-refractivity contribution in [2.75, 3.05) is 26.2 Å². The van der Waals surface area contributed by atoms with Gasteiger partial charge in [-0.3, -0.25) is 14.5 Å². The number of hydrogen-bond donors (Lipinski definition) is 2. The summed E-state index contributed by atoms with van der Waals surface area (Å²) >= 11 is 12.1. The number of carbonyl (C=O) groups is 2. The van der Waals surface area contributed by atoms with Gasteiger partial charge in [0, 0.05) is 19.6 Å². The van der Waals surface area contributed by atoms with E-state index < -0.39 is 11.4 Å². The molecule has 1 aliphatic carbocycles. The lowest BCUT2D eigenvalue weighted by molar-refractivity contribution is -0.149. The molecule has 0 unspecified atom stereocenters. The highest BCUT2D eigenvalue weighted by atomic mass is 35.5. The molecule has 1 aliphatic heterocycles. The van der Waals surface area contributed by atoms with Gasteiger partial charge < -0.3 is 10.4 Å². The number of hydrogen-bond acceptors (Lipinski definition) is 3. The third-order valence-corrected chi connectivity index (χ3v) is 6.34. The van der Waals surface area contributed by atoms with Gasteiger partial charge in [-0.2, -0.15) is 0 Å². The minimum Gasteiger partial charge on any atom is -0.481 e. The van der Waals surface area contributed by atoms with Crippen molar-refractivity contribution in [1.82, 2.24) is 10.2 Å². The Bertz CT molecular complexity index is 682. The van der Waals surface area contributed by atoms with Crippen LogP contribution in [0.4, 0.5) is 0 Å². The van der Waals surface area contributed by atoms with E-state index in [4.69, 9.17) is 23.2 Å². The van der Waals surface area contributed by atoms with Gasteiger partial charge in [-0.1, -0.05) is 41.8 Å². The molecule has 2 aliphatic rings. The average molecular weight is 385 g/mol. The summed E-state index contributed by atoms with van der Waals surface area (Å²) < 4.78 is 0. The second-order valence-electron chi connectivity index (χ2n) is 7.03. The molecule has 5 nitrogen and oxygen atoms in total. The van der Waals surface area contributed by atoms with E-state index in [9.17, 15) is 14.7 Å². The Morgan fingerprint density at radius 1 is 1.36 bits per heavy atom. The Balaban J connectivity index is 1.47. The fourth-order valence-electron chi connectivity index (χ4n) is 4.20. The summed E-state index contributed by atoms with van der Waals surface area (Å²) in [5.41, 5.74) is 0.254. The second-order valence-corrected chi connectivity index (χ2v) is 7.82. The number of fused-ring (bicyclic) bond motifs is 1. The molecule has 1 saturated carbocycles. The van der Waals surface area contributed by atoms with Crippen molar-refractivity contribution in [3.8, 4) is 0 Å². The molecule has 2 atom stereocenters. The van der Waals surface area contributed by atoms with E-state index in [-0.39, 0.29) is 18.4 Å². The van der Waals surface area contributed by atoms with Crippen molar-refractivity contribution >= 4 is 35.1 Å². The summed E-state index contributed by atoms with van der Waals surface area (Å²) in [6, 6.07) is 5.45. The summed E-state index contributed by atoms with van der Waals surface area (Å²) in [4.78, 5) is 25.8. The van der Waals surface area contributed by atoms with E-state index in [1.54, 1.807) is 6.07 Å². The number of halogens is 2. The number of likely N-dealkylation sites (tertiary alicyclic amines) is 1. The molecule has 136 valence electrons. The maximum absolute atomic E-state index is 12.2. The topological polar surface area (TPSA) is 69.6 Å². The minimum atomic E-state index is -0.714. The number of rotatable bonds is 6. The minimum absolute atomic E-state index is 0.0846. The zero-order chi connectivity index (χ0) is 18.0. The summed E-state index contributed by atoms with van der Waals surface area (Å²) in [6.45, 7) is 1.88. The van der Waals surface area contributed by atoms with Gasteiger partial charge in [0.2, 0.25) is 5.91 Å². The molecule has 1 aromatic rings. The van der Waals surface area contributed by atoms with Gasteiger partial charge in [0.25, 0.3) is 0 Å². The Morgan fingerprint density at radius 2 is 2.16 bits per heavy atom. The first-order valence-electron chi connectivity index (χ1n) is 8.58. The number of aliphatic carboxylic acids is 1. The molecule has 0 bridgehead atoms. The molecule has 1 saturated heterocycles. The molecule has 7 heteroatoms. The molecule has 1 aromatic carbocycles. The lowest BCUT2D eigenvalue weighted by Gasteiger charge is -2.23. The first-order valence-corrected chi connectivity index (χ1v) is 9.33. The average Bonchev–Trinajstić information content (AvgIpc) is 3.09. The molecule has 0 spiro atoms. The number of carbonyl (C=O) groups excluding carboxylic acids is 1. The zero-order valence-electron chi connectivity index (χ0n) is 13.9. The fraction of sp³-hybridized carbons (Fsp3) is 0.556. The largest absolute Gasteiger partial charge is 0.481 e. The van der Waals surface area contributed by atoms with Gasteiger partial charge in [-0.25, -0.2) is 0 Å². The molecule has 0 radical (unpaired) electrons. The van der Waals surface area contributed by atoms with Crippen LogP contribution in [0, 0.1) is 11.3 Å². The molecular formula is C18H22Cl2N2O3. The lowest BCUT2D eigenvalue weighted by Crippen LogP contribution is -2.39. The number of carboxylic acids is 1. The maximum Gasteiger partial charge on any atom is 0.311 e. The van der Waals surface area contributed by atoms with Crippen molar-refractivity contribution < 1.29 is 14.7 Å². The first-order chi connectivity index (χ1) is 11.9. The zero-order valence-corrected chi connectivity index (χ0v) is 15.4. The van der Waals surface area contributed by atoms with E-state index in [1.807, 2.05) is 17.0 Å². The van der Waals surface area contributed by atoms with Crippen LogP contribution in [0.25, 0.3) is 0 Å². The summed E-state index contributed by atoms with van der Waals surface area (Å²) in [6.07, 6.45) is 3.24. The summed E-state index contributed by atoms with van der Waals surface area (Å²) in [7, 11) is 0. The van der Waals surface area contributed by atoms with Gasteiger partial charge in [0.15, 0.2) is 0 Å². The molecule has 0 aromatic heterocycles. The number of amides is 1. The molecule has 3 rings (SSSR count). The van der Waals surface area contributed by atoms with Crippen LogP contribution in [0.15, 0.2) is 18.2 Å². The predicted molar refractivity (Wildman–Crippen MR) is 97.0 cm³/mol. The van der Waals surface area contributed by atoms with Crippen LogP contribution >= 0.6 is 23.2 Å². The van der Waals surface area contributed by atoms with Crippen LogP contribution < -0.4 is 5.32 Å². The third kappa shape index (κ3) is 3.78. The predicted octanol–water partition coefficient (Wildman–Crippen LogP) is 2.84. The molecule has 1 heterocycles. The van der Waals surface area contributed by atoms with Crippen LogP contribution in [-0.4, -0.2) is 48.1 Å². The quantitative estimate of drug-likeness (QED) is 0.790. The van der Waals surface area contributed by atoms with Crippen LogP contribution in [0.5, 0.6) is 0 Å². The first kappa shape index (κ1) is 18.5. The lowest BCUT2D eigenvalue weighted by atomic mass is 9.81. The SMILES string of the molecule is O=C(CN1C[C@@H]2CCC[C@@]2(C(=O)O)C1)NCCc1cccc(Cl)c1Cl. The normalized spacial score (nSPS) is 25.8. The van der Waals surface area contributed by atoms with Crippen molar-refractivity contribution in [3.63, 3.8) is 0 Å². The highest BCUT2D eigenvalue weighted by Gasteiger charge is 2.54. The second kappa shape index (κ2) is 7.52. The van der Waals surface area contributed by atoms with Crippen LogP contribution in [0.3, 0.4) is 0 Å². The smallest absolute Gasteiger partial charge is 0.311 e. The Morgan fingerprint density at radius 3 is 2.88 bits per heavy atom. The number of benzene rings is 1. The van der Waals surface area contributed by atoms with E-state index in [1.165, 1.54) is 0 Å². The van der Waals surface area contributed by atoms with E-state index in [2.05, 4.69) is 5.32 Å². The standard InChI is InChI=1S/C18H22Cl2N2O3/c19-14-5-1-3-12(16(14)20)6-8-21-15(23)10-22-9-13-4-2-7-18(13,11-22)17(24)25/h1,3,5,13H,2,4,6-11H2,(H,21,23)(H,24,25)/t13-,18+/m0/s1. The number of nitrogens with one attached hydrogen (secondary N) is 1. The Hall–Kier alpha value is -1.30. The third-order valence-electron chi connectivity index (χ3n) is 5.48. The van der Waals surface area contributed by atoms with Crippen molar-refractivity contribution in [1.29, 1.82) is 0 Å². The summed E-state index contributed by atoms with van der Waals surface area (Å²) in [5.74, 6) is -0.629. The Kier molecular flexibility index (Phi) is 5.56. The van der Waals surface area contributed by atoms with E-state index >= 15 is 0 Å². The van der Waals surface area contributed by atoms with Gasteiger partial charge in [-0.15, -0.1) is 0 Å². The van der Waals surface area contributed by atoms with Gasteiger partial charge in [0.05, 0.1) is 22.0 Å². The van der Waals surface area contributed by atoms with Crippen molar-refractivity contribution in [3.05, 3.63) is 33.8 Å². The van der Waals surface area contributed by atoms with Crippen LogP contribution in [0.2, 0.25) is 10.0 Å². The maximum atomic E-state index is 12.2. The highest BCUT2D eigenvalue weighted by molar-refractivity contribution is 6.42. The molecule has 2 fully saturated rings. The molecule has 2 N–H and O–H groups in total. The van der Waals surface area contributed by atoms with Crippen molar-refractivity contribution in [2.45, 2.75) is 25.7 Å². The number of nitrogens with zero attached hydrogens (tertiary/aromatic N) is 1. The van der Waals surface area contributed by atoms with E-state index in [0.29, 0.717) is 36.1 Å². The molecule has 1 amide bonds. The van der Waals surface area contributed by atoms with E-state index in [0.717, 1.165) is 24.8 Å². The summed E-state index contributed by atoms with van der Waals surface area (Å²) in [5, 5.41) is 13.5. The van der Waals surface area contributed by atoms with Gasteiger partial charge in [0.1, 0.15) is 0 Å². The van der Waals surface area contributed by atoms with Gasteiger partial charge in [-0.05, 0) is 36.8 Å². The van der Waals surface area contributed by atoms with Crippen LogP contribution in [0.1, 0.15) is 24.8 Å². The molecular weight excluding hydrogens is 363 g/mol. The number of carboxylic acid groups (broad SMARTS) is 1. The van der Waals surface area contributed by atoms with Crippen molar-refractivity contribution in [2.24, 2.45) is 11.3 Å². The van der Waals surface area contributed by atoms with Gasteiger partial charge >= 0.3 is 5.97 Å². The van der Waals surface area contributed by atoms with Crippen LogP contribution in [-0.2, 0) is 16.0 Å². The fourth-order valence-corrected chi connectivity index (χ4v) is 4.62.